The fourth-order valence-corrected chi connectivity index (χ4v) is 5.99. The van der Waals surface area contributed by atoms with Gasteiger partial charge in [0.25, 0.3) is 0 Å². The fourth-order valence-electron chi connectivity index (χ4n) is 5.86. The zero-order chi connectivity index (χ0) is 27.8. The molecule has 2 aromatic carbocycles. The van der Waals surface area contributed by atoms with E-state index in [4.69, 9.17) is 16.3 Å². The molecule has 206 valence electrons. The summed E-state index contributed by atoms with van der Waals surface area (Å²) in [7, 11) is 0. The van der Waals surface area contributed by atoms with Crippen molar-refractivity contribution >= 4 is 17.2 Å². The van der Waals surface area contributed by atoms with E-state index in [1.807, 2.05) is 43.3 Å². The molecule has 3 aromatic rings. The van der Waals surface area contributed by atoms with Crippen molar-refractivity contribution in [3.8, 4) is 5.75 Å². The number of piperidine rings is 1. The zero-order valence-corrected chi connectivity index (χ0v) is 23.6. The van der Waals surface area contributed by atoms with Crippen molar-refractivity contribution in [2.45, 2.75) is 51.4 Å². The first-order chi connectivity index (χ1) is 18.5. The van der Waals surface area contributed by atoms with Gasteiger partial charge >= 0.3 is 0 Å². The second kappa shape index (κ2) is 10.7. The van der Waals surface area contributed by atoms with Crippen LogP contribution in [0.25, 0.3) is 5.57 Å². The molecule has 1 aromatic heterocycles. The third-order valence-electron chi connectivity index (χ3n) is 8.35. The highest BCUT2D eigenvalue weighted by Crippen LogP contribution is 2.46. The SMILES string of the molecule is CC(C)(O)c1ccc2c(c1)C(=CCCN1CCC(O)(c3ccc(Cl)cc3)C(C)(CO)C1)c1cccnc1CO2. The van der Waals surface area contributed by atoms with Gasteiger partial charge in [-0.25, -0.2) is 0 Å². The van der Waals surface area contributed by atoms with Crippen molar-refractivity contribution in [3.63, 3.8) is 0 Å². The highest BCUT2D eigenvalue weighted by Gasteiger charge is 2.51. The second-order valence-corrected chi connectivity index (χ2v) is 12.0. The number of aliphatic hydroxyl groups is 3. The van der Waals surface area contributed by atoms with Gasteiger partial charge in [0.15, 0.2) is 0 Å². The van der Waals surface area contributed by atoms with Crippen LogP contribution in [0, 0.1) is 5.41 Å². The summed E-state index contributed by atoms with van der Waals surface area (Å²) in [6.07, 6.45) is 5.28. The minimum Gasteiger partial charge on any atom is -0.487 e. The number of fused-ring (bicyclic) bond motifs is 2. The Bertz CT molecular complexity index is 1370. The maximum Gasteiger partial charge on any atom is 0.131 e. The molecular weight excluding hydrogens is 512 g/mol. The minimum atomic E-state index is -1.14. The predicted molar refractivity (Wildman–Crippen MR) is 154 cm³/mol. The molecule has 2 atom stereocenters. The van der Waals surface area contributed by atoms with Gasteiger partial charge in [-0.15, -0.1) is 0 Å². The lowest BCUT2D eigenvalue weighted by atomic mass is 9.65. The van der Waals surface area contributed by atoms with Crippen LogP contribution >= 0.6 is 11.6 Å². The van der Waals surface area contributed by atoms with Gasteiger partial charge in [-0.1, -0.05) is 48.9 Å². The van der Waals surface area contributed by atoms with Gasteiger partial charge < -0.3 is 25.0 Å². The predicted octanol–water partition coefficient (Wildman–Crippen LogP) is 5.27. The van der Waals surface area contributed by atoms with Crippen LogP contribution in [-0.4, -0.2) is 51.4 Å². The number of pyridine rings is 1. The number of likely N-dealkylation sites (tertiary alicyclic amines) is 1. The van der Waals surface area contributed by atoms with E-state index in [1.54, 1.807) is 32.2 Å². The Morgan fingerprint density at radius 1 is 1.13 bits per heavy atom. The molecule has 2 aliphatic rings. The quantitative estimate of drug-likeness (QED) is 0.389. The molecule has 39 heavy (non-hydrogen) atoms. The highest BCUT2D eigenvalue weighted by atomic mass is 35.5. The van der Waals surface area contributed by atoms with Crippen molar-refractivity contribution < 1.29 is 20.1 Å². The van der Waals surface area contributed by atoms with Gasteiger partial charge in [-0.3, -0.25) is 4.98 Å². The Balaban J connectivity index is 1.41. The average Bonchev–Trinajstić information content (AvgIpc) is 3.07. The summed E-state index contributed by atoms with van der Waals surface area (Å²) in [6, 6.07) is 17.1. The molecule has 2 aliphatic heterocycles. The topological polar surface area (TPSA) is 86.1 Å². The van der Waals surface area contributed by atoms with E-state index < -0.39 is 16.6 Å². The Morgan fingerprint density at radius 2 is 1.90 bits per heavy atom. The molecule has 0 radical (unpaired) electrons. The first-order valence-corrected chi connectivity index (χ1v) is 13.9. The van der Waals surface area contributed by atoms with Gasteiger partial charge in [0.2, 0.25) is 0 Å². The van der Waals surface area contributed by atoms with E-state index >= 15 is 0 Å². The molecule has 7 heteroatoms. The van der Waals surface area contributed by atoms with Gasteiger partial charge in [0, 0.05) is 47.4 Å². The van der Waals surface area contributed by atoms with E-state index in [-0.39, 0.29) is 6.61 Å². The van der Waals surface area contributed by atoms with Crippen LogP contribution in [-0.2, 0) is 17.8 Å². The van der Waals surface area contributed by atoms with Gasteiger partial charge in [0.1, 0.15) is 12.4 Å². The molecule has 3 heterocycles. The third kappa shape index (κ3) is 5.37. The van der Waals surface area contributed by atoms with Crippen LogP contribution in [0.5, 0.6) is 5.75 Å². The van der Waals surface area contributed by atoms with E-state index in [9.17, 15) is 15.3 Å². The summed E-state index contributed by atoms with van der Waals surface area (Å²) in [4.78, 5) is 6.88. The van der Waals surface area contributed by atoms with Crippen molar-refractivity contribution in [3.05, 3.63) is 99.8 Å². The van der Waals surface area contributed by atoms with Gasteiger partial charge in [0.05, 0.1) is 23.5 Å². The standard InChI is InChI=1S/C32H37ClN2O4/c1-30(2,37)23-10-13-29-27(18-23)25(26-6-4-15-34-28(26)19-39-29)7-5-16-35-17-14-32(38,31(3,20-35)21-36)22-8-11-24(33)12-9-22/h4,6-13,15,18,36-38H,5,14,16-17,19-21H2,1-3H3. The Kier molecular flexibility index (Phi) is 7.61. The zero-order valence-electron chi connectivity index (χ0n) is 22.8. The van der Waals surface area contributed by atoms with Crippen molar-refractivity contribution in [2.24, 2.45) is 5.41 Å². The first-order valence-electron chi connectivity index (χ1n) is 13.5. The molecule has 0 amide bonds. The van der Waals surface area contributed by atoms with Crippen LogP contribution in [0.3, 0.4) is 0 Å². The van der Waals surface area contributed by atoms with E-state index in [2.05, 4.69) is 22.0 Å². The minimum absolute atomic E-state index is 0.132. The monoisotopic (exact) mass is 548 g/mol. The lowest BCUT2D eigenvalue weighted by Gasteiger charge is -2.51. The number of halogens is 1. The summed E-state index contributed by atoms with van der Waals surface area (Å²) < 4.78 is 6.12. The van der Waals surface area contributed by atoms with Gasteiger partial charge in [-0.05, 0) is 73.7 Å². The maximum atomic E-state index is 11.8. The summed E-state index contributed by atoms with van der Waals surface area (Å²) >= 11 is 6.08. The number of hydrogen-bond donors (Lipinski definition) is 3. The van der Waals surface area contributed by atoms with Crippen LogP contribution in [0.2, 0.25) is 5.02 Å². The number of ether oxygens (including phenoxy) is 1. The molecule has 1 saturated heterocycles. The molecule has 0 bridgehead atoms. The highest BCUT2D eigenvalue weighted by molar-refractivity contribution is 6.30. The van der Waals surface area contributed by atoms with Gasteiger partial charge in [-0.2, -0.15) is 0 Å². The largest absolute Gasteiger partial charge is 0.487 e. The third-order valence-corrected chi connectivity index (χ3v) is 8.60. The summed E-state index contributed by atoms with van der Waals surface area (Å²) in [5.74, 6) is 0.770. The van der Waals surface area contributed by atoms with Crippen molar-refractivity contribution in [2.75, 3.05) is 26.2 Å². The van der Waals surface area contributed by atoms with Crippen molar-refractivity contribution in [1.29, 1.82) is 0 Å². The van der Waals surface area contributed by atoms with Crippen molar-refractivity contribution in [1.82, 2.24) is 9.88 Å². The second-order valence-electron chi connectivity index (χ2n) is 11.6. The van der Waals surface area contributed by atoms with Crippen LogP contribution in [0.15, 0.2) is 66.9 Å². The fraction of sp³-hybridized carbons (Fsp3) is 0.406. The van der Waals surface area contributed by atoms with Crippen LogP contribution < -0.4 is 4.74 Å². The molecule has 1 fully saturated rings. The van der Waals surface area contributed by atoms with Crippen LogP contribution in [0.4, 0.5) is 0 Å². The molecule has 0 spiro atoms. The Hall–Kier alpha value is -2.74. The lowest BCUT2D eigenvalue weighted by Crippen LogP contribution is -2.58. The molecule has 2 unspecified atom stereocenters. The number of nitrogens with zero attached hydrogens (tertiary/aromatic N) is 2. The summed E-state index contributed by atoms with van der Waals surface area (Å²) in [5, 5.41) is 33.5. The summed E-state index contributed by atoms with van der Waals surface area (Å²) in [6.45, 7) is 7.80. The molecule has 5 rings (SSSR count). The lowest BCUT2D eigenvalue weighted by molar-refractivity contribution is -0.152. The smallest absolute Gasteiger partial charge is 0.131 e. The molecule has 0 aliphatic carbocycles. The molecule has 3 N–H and O–H groups in total. The number of benzene rings is 2. The number of aromatic nitrogens is 1. The number of hydrogen-bond acceptors (Lipinski definition) is 6. The average molecular weight is 549 g/mol. The molecular formula is C32H37ClN2O4. The first kappa shape index (κ1) is 27.8. The van der Waals surface area contributed by atoms with E-state index in [0.717, 1.165) is 52.2 Å². The Morgan fingerprint density at radius 3 is 2.62 bits per heavy atom. The molecule has 0 saturated carbocycles. The normalized spacial score (nSPS) is 24.5. The summed E-state index contributed by atoms with van der Waals surface area (Å²) in [5.41, 5.74) is 2.64. The van der Waals surface area contributed by atoms with E-state index in [0.29, 0.717) is 31.1 Å². The van der Waals surface area contributed by atoms with Crippen LogP contribution in [0.1, 0.15) is 61.6 Å². The number of rotatable bonds is 6. The molecule has 6 nitrogen and oxygen atoms in total. The Labute approximate surface area is 235 Å². The van der Waals surface area contributed by atoms with E-state index in [1.165, 1.54) is 0 Å². The maximum absolute atomic E-state index is 11.8. The number of aliphatic hydroxyl groups excluding tert-OH is 1.